The van der Waals surface area contributed by atoms with Gasteiger partial charge in [0.15, 0.2) is 6.19 Å². The highest BCUT2D eigenvalue weighted by atomic mass is 79.9. The summed E-state index contributed by atoms with van der Waals surface area (Å²) in [6.07, 6.45) is 1.66. The van der Waals surface area contributed by atoms with Crippen LogP contribution in [0.2, 0.25) is 0 Å². The zero-order valence-electron chi connectivity index (χ0n) is 7.80. The SMILES string of the molecule is N#CN(CCBr)S(=O)(=O)c1ccccc1. The molecule has 0 N–H and O–H groups in total. The quantitative estimate of drug-likeness (QED) is 0.480. The average molecular weight is 289 g/mol. The van der Waals surface area contributed by atoms with E-state index in [0.717, 1.165) is 4.31 Å². The molecule has 1 aromatic carbocycles. The first kappa shape index (κ1) is 12.0. The van der Waals surface area contributed by atoms with E-state index >= 15 is 0 Å². The highest BCUT2D eigenvalue weighted by Gasteiger charge is 2.21. The van der Waals surface area contributed by atoms with E-state index in [4.69, 9.17) is 5.26 Å². The third-order valence-electron chi connectivity index (χ3n) is 1.73. The van der Waals surface area contributed by atoms with Crippen molar-refractivity contribution in [1.29, 1.82) is 5.26 Å². The predicted octanol–water partition coefficient (Wildman–Crippen LogP) is 1.55. The number of hydrogen-bond acceptors (Lipinski definition) is 3. The molecule has 0 heterocycles. The smallest absolute Gasteiger partial charge is 0.201 e. The molecule has 0 aliphatic carbocycles. The van der Waals surface area contributed by atoms with Crippen molar-refractivity contribution < 1.29 is 8.42 Å². The zero-order valence-corrected chi connectivity index (χ0v) is 10.2. The fraction of sp³-hybridized carbons (Fsp3) is 0.222. The van der Waals surface area contributed by atoms with Crippen molar-refractivity contribution in [2.24, 2.45) is 0 Å². The molecule has 1 aromatic rings. The molecule has 4 nitrogen and oxygen atoms in total. The lowest BCUT2D eigenvalue weighted by Gasteiger charge is -2.14. The summed E-state index contributed by atoms with van der Waals surface area (Å²) in [5, 5.41) is 9.15. The fourth-order valence-electron chi connectivity index (χ4n) is 1.02. The van der Waals surface area contributed by atoms with Crippen LogP contribution in [0.15, 0.2) is 35.2 Å². The van der Waals surface area contributed by atoms with Gasteiger partial charge < -0.3 is 0 Å². The minimum Gasteiger partial charge on any atom is -0.201 e. The number of alkyl halides is 1. The van der Waals surface area contributed by atoms with Crippen molar-refractivity contribution in [1.82, 2.24) is 4.31 Å². The Bertz CT molecular complexity index is 453. The average Bonchev–Trinajstić information content (AvgIpc) is 2.27. The van der Waals surface area contributed by atoms with Crippen molar-refractivity contribution in [3.63, 3.8) is 0 Å². The molecule has 0 fully saturated rings. The van der Waals surface area contributed by atoms with Gasteiger partial charge in [0.1, 0.15) is 0 Å². The normalized spacial score (nSPS) is 10.7. The monoisotopic (exact) mass is 288 g/mol. The molecule has 0 aliphatic heterocycles. The van der Waals surface area contributed by atoms with Gasteiger partial charge >= 0.3 is 0 Å². The summed E-state index contributed by atoms with van der Waals surface area (Å²) in [4.78, 5) is 0.132. The summed E-state index contributed by atoms with van der Waals surface area (Å²) in [5.41, 5.74) is 0. The number of rotatable bonds is 4. The van der Waals surface area contributed by atoms with Crippen molar-refractivity contribution in [3.05, 3.63) is 30.3 Å². The molecule has 0 saturated heterocycles. The van der Waals surface area contributed by atoms with Crippen molar-refractivity contribution >= 4 is 26.0 Å². The number of sulfonamides is 1. The van der Waals surface area contributed by atoms with Gasteiger partial charge in [-0.15, -0.1) is 0 Å². The van der Waals surface area contributed by atoms with E-state index in [9.17, 15) is 8.42 Å². The largest absolute Gasteiger partial charge is 0.272 e. The molecule has 0 unspecified atom stereocenters. The molecular weight excluding hydrogens is 280 g/mol. The minimum absolute atomic E-state index is 0.132. The number of halogens is 1. The van der Waals surface area contributed by atoms with E-state index in [-0.39, 0.29) is 11.4 Å². The topological polar surface area (TPSA) is 61.2 Å². The van der Waals surface area contributed by atoms with Crippen LogP contribution in [0.3, 0.4) is 0 Å². The Morgan fingerprint density at radius 3 is 2.40 bits per heavy atom. The van der Waals surface area contributed by atoms with Crippen LogP contribution < -0.4 is 0 Å². The van der Waals surface area contributed by atoms with Crippen LogP contribution in [0.5, 0.6) is 0 Å². The van der Waals surface area contributed by atoms with Crippen molar-refractivity contribution in [2.75, 3.05) is 11.9 Å². The summed E-state index contributed by atoms with van der Waals surface area (Å²) >= 11 is 3.10. The Balaban J connectivity index is 3.08. The lowest BCUT2D eigenvalue weighted by atomic mass is 10.4. The maximum atomic E-state index is 11.8. The highest BCUT2D eigenvalue weighted by Crippen LogP contribution is 2.14. The van der Waals surface area contributed by atoms with E-state index in [0.29, 0.717) is 5.33 Å². The first-order chi connectivity index (χ1) is 7.12. The van der Waals surface area contributed by atoms with Crippen LogP contribution in [-0.4, -0.2) is 24.6 Å². The Morgan fingerprint density at radius 2 is 1.93 bits per heavy atom. The summed E-state index contributed by atoms with van der Waals surface area (Å²) in [7, 11) is -3.67. The standard InChI is InChI=1S/C9H9BrN2O2S/c10-6-7-12(8-11)15(13,14)9-4-2-1-3-5-9/h1-5H,6-7H2. The van der Waals surface area contributed by atoms with Crippen LogP contribution in [0.4, 0.5) is 0 Å². The Labute approximate surface area is 97.3 Å². The van der Waals surface area contributed by atoms with Crippen molar-refractivity contribution in [3.8, 4) is 6.19 Å². The van der Waals surface area contributed by atoms with Gasteiger partial charge in [-0.05, 0) is 12.1 Å². The summed E-state index contributed by atoms with van der Waals surface area (Å²) < 4.78 is 24.4. The van der Waals surface area contributed by atoms with E-state index in [1.807, 2.05) is 0 Å². The molecule has 0 amide bonds. The maximum Gasteiger partial charge on any atom is 0.272 e. The van der Waals surface area contributed by atoms with E-state index in [1.54, 1.807) is 24.4 Å². The summed E-state index contributed by atoms with van der Waals surface area (Å²) in [6.45, 7) is 0.133. The predicted molar refractivity (Wildman–Crippen MR) is 59.7 cm³/mol. The summed E-state index contributed by atoms with van der Waals surface area (Å²) in [6, 6.07) is 7.90. The first-order valence-electron chi connectivity index (χ1n) is 4.16. The van der Waals surface area contributed by atoms with Gasteiger partial charge in [-0.2, -0.15) is 5.26 Å². The second kappa shape index (κ2) is 5.14. The van der Waals surface area contributed by atoms with Crippen LogP contribution >= 0.6 is 15.9 Å². The molecule has 0 atom stereocenters. The third-order valence-corrected chi connectivity index (χ3v) is 3.80. The van der Waals surface area contributed by atoms with Gasteiger partial charge in [0.05, 0.1) is 11.4 Å². The summed E-state index contributed by atoms with van der Waals surface area (Å²) in [5.74, 6) is 0. The van der Waals surface area contributed by atoms with Crippen LogP contribution in [0.25, 0.3) is 0 Å². The van der Waals surface area contributed by atoms with Gasteiger partial charge in [0, 0.05) is 5.33 Å². The lowest BCUT2D eigenvalue weighted by Crippen LogP contribution is -2.28. The Morgan fingerprint density at radius 1 is 1.33 bits per heavy atom. The van der Waals surface area contributed by atoms with E-state index < -0.39 is 10.0 Å². The van der Waals surface area contributed by atoms with Gasteiger partial charge in [0.25, 0.3) is 10.0 Å². The second-order valence-corrected chi connectivity index (χ2v) is 5.33. The molecule has 0 aromatic heterocycles. The number of nitriles is 1. The fourth-order valence-corrected chi connectivity index (χ4v) is 2.80. The molecule has 0 aliphatic rings. The number of nitrogens with zero attached hydrogens (tertiary/aromatic N) is 2. The van der Waals surface area contributed by atoms with E-state index in [2.05, 4.69) is 15.9 Å². The number of hydrogen-bond donors (Lipinski definition) is 0. The molecule has 80 valence electrons. The molecule has 6 heteroatoms. The van der Waals surface area contributed by atoms with Gasteiger partial charge in [-0.3, -0.25) is 0 Å². The van der Waals surface area contributed by atoms with Crippen molar-refractivity contribution in [2.45, 2.75) is 4.90 Å². The molecule has 0 radical (unpaired) electrons. The zero-order chi connectivity index (χ0) is 11.3. The molecular formula is C9H9BrN2O2S. The van der Waals surface area contributed by atoms with Crippen LogP contribution in [0.1, 0.15) is 0 Å². The first-order valence-corrected chi connectivity index (χ1v) is 6.72. The molecule has 0 saturated carbocycles. The Hall–Kier alpha value is -1.06. The molecule has 1 rings (SSSR count). The highest BCUT2D eigenvalue weighted by molar-refractivity contribution is 9.09. The second-order valence-electron chi connectivity index (χ2n) is 2.68. The Kier molecular flexibility index (Phi) is 4.12. The van der Waals surface area contributed by atoms with Gasteiger partial charge in [-0.25, -0.2) is 12.7 Å². The molecule has 15 heavy (non-hydrogen) atoms. The van der Waals surface area contributed by atoms with Crippen LogP contribution in [0, 0.1) is 11.5 Å². The molecule has 0 bridgehead atoms. The maximum absolute atomic E-state index is 11.8. The van der Waals surface area contributed by atoms with Crippen LogP contribution in [-0.2, 0) is 10.0 Å². The van der Waals surface area contributed by atoms with Gasteiger partial charge in [-0.1, -0.05) is 34.1 Å². The molecule has 0 spiro atoms. The van der Waals surface area contributed by atoms with E-state index in [1.165, 1.54) is 12.1 Å². The minimum atomic E-state index is -3.67. The number of benzene rings is 1. The van der Waals surface area contributed by atoms with Gasteiger partial charge in [0.2, 0.25) is 0 Å². The third kappa shape index (κ3) is 2.70. The lowest BCUT2D eigenvalue weighted by molar-refractivity contribution is 0.522.